The number of amides is 1. The van der Waals surface area contributed by atoms with Crippen molar-refractivity contribution in [2.24, 2.45) is 5.84 Å². The number of benzene rings is 2. The fourth-order valence-corrected chi connectivity index (χ4v) is 1.99. The van der Waals surface area contributed by atoms with Crippen LogP contribution in [0.2, 0.25) is 5.02 Å². The summed E-state index contributed by atoms with van der Waals surface area (Å²) >= 11 is 5.75. The van der Waals surface area contributed by atoms with Gasteiger partial charge < -0.3 is 4.74 Å². The van der Waals surface area contributed by atoms with Crippen LogP contribution in [0.1, 0.15) is 10.4 Å². The molecule has 0 saturated heterocycles. The van der Waals surface area contributed by atoms with Gasteiger partial charge in [0, 0.05) is 0 Å². The Labute approximate surface area is 120 Å². The third-order valence-electron chi connectivity index (χ3n) is 2.83. The molecule has 0 bridgehead atoms. The van der Waals surface area contributed by atoms with E-state index >= 15 is 0 Å². The average Bonchev–Trinajstić information content (AvgIpc) is 2.48. The van der Waals surface area contributed by atoms with Gasteiger partial charge in [-0.1, -0.05) is 23.7 Å². The summed E-state index contributed by atoms with van der Waals surface area (Å²) in [5.41, 5.74) is 3.82. The molecular formula is C14H12ClFN2O2. The van der Waals surface area contributed by atoms with Gasteiger partial charge in [-0.3, -0.25) is 10.2 Å². The molecule has 1 amide bonds. The van der Waals surface area contributed by atoms with Crippen LogP contribution in [0.4, 0.5) is 4.39 Å². The van der Waals surface area contributed by atoms with Crippen molar-refractivity contribution in [1.82, 2.24) is 5.43 Å². The number of nitrogens with two attached hydrogens (primary N) is 1. The summed E-state index contributed by atoms with van der Waals surface area (Å²) in [5, 5.41) is 0.0326. The van der Waals surface area contributed by atoms with E-state index in [-0.39, 0.29) is 5.02 Å². The minimum atomic E-state index is -0.485. The second-order valence-corrected chi connectivity index (χ2v) is 4.42. The summed E-state index contributed by atoms with van der Waals surface area (Å²) in [5.74, 6) is 4.53. The molecule has 0 radical (unpaired) electrons. The first-order valence-electron chi connectivity index (χ1n) is 5.71. The highest BCUT2D eigenvalue weighted by atomic mass is 35.5. The quantitative estimate of drug-likeness (QED) is 0.520. The second kappa shape index (κ2) is 5.90. The Hall–Kier alpha value is -2.11. The van der Waals surface area contributed by atoms with Gasteiger partial charge in [-0.05, 0) is 35.4 Å². The predicted octanol–water partition coefficient (Wildman–Crippen LogP) is 2.76. The predicted molar refractivity (Wildman–Crippen MR) is 75.1 cm³/mol. The number of hydrogen-bond acceptors (Lipinski definition) is 3. The van der Waals surface area contributed by atoms with Gasteiger partial charge in [0.25, 0.3) is 5.91 Å². The van der Waals surface area contributed by atoms with Crippen LogP contribution < -0.4 is 16.0 Å². The van der Waals surface area contributed by atoms with Crippen LogP contribution in [0, 0.1) is 5.82 Å². The molecule has 0 aromatic heterocycles. The van der Waals surface area contributed by atoms with Crippen molar-refractivity contribution in [3.8, 4) is 16.9 Å². The van der Waals surface area contributed by atoms with Crippen LogP contribution in [-0.4, -0.2) is 13.0 Å². The first kappa shape index (κ1) is 14.3. The Morgan fingerprint density at radius 3 is 2.50 bits per heavy atom. The molecule has 0 heterocycles. The number of methoxy groups -OCH3 is 1. The van der Waals surface area contributed by atoms with Crippen LogP contribution in [0.5, 0.6) is 5.75 Å². The molecule has 0 aliphatic carbocycles. The standard InChI is InChI=1S/C14H12ClFN2O2/c1-20-13-7-9(2-4-10(13)14(19)18-17)8-3-5-12(16)11(15)6-8/h2-7H,17H2,1H3,(H,18,19). The van der Waals surface area contributed by atoms with Crippen molar-refractivity contribution in [2.45, 2.75) is 0 Å². The molecule has 3 N–H and O–H groups in total. The van der Waals surface area contributed by atoms with Gasteiger partial charge in [0.1, 0.15) is 11.6 Å². The smallest absolute Gasteiger partial charge is 0.268 e. The molecule has 0 unspecified atom stereocenters. The lowest BCUT2D eigenvalue weighted by molar-refractivity contribution is 0.0950. The number of rotatable bonds is 3. The number of hydrogen-bond donors (Lipinski definition) is 2. The lowest BCUT2D eigenvalue weighted by Gasteiger charge is -2.10. The molecular weight excluding hydrogens is 283 g/mol. The van der Waals surface area contributed by atoms with E-state index in [2.05, 4.69) is 0 Å². The maximum Gasteiger partial charge on any atom is 0.268 e. The van der Waals surface area contributed by atoms with E-state index in [1.54, 1.807) is 24.3 Å². The molecule has 20 heavy (non-hydrogen) atoms. The molecule has 2 rings (SSSR count). The first-order chi connectivity index (χ1) is 9.56. The van der Waals surface area contributed by atoms with Crippen molar-refractivity contribution < 1.29 is 13.9 Å². The molecule has 0 spiro atoms. The van der Waals surface area contributed by atoms with Gasteiger partial charge in [-0.15, -0.1) is 0 Å². The zero-order chi connectivity index (χ0) is 14.7. The molecule has 6 heteroatoms. The van der Waals surface area contributed by atoms with Crippen LogP contribution >= 0.6 is 11.6 Å². The Morgan fingerprint density at radius 1 is 1.25 bits per heavy atom. The zero-order valence-corrected chi connectivity index (χ0v) is 11.4. The number of carbonyl (C=O) groups excluding carboxylic acids is 1. The van der Waals surface area contributed by atoms with E-state index in [4.69, 9.17) is 22.2 Å². The minimum Gasteiger partial charge on any atom is -0.496 e. The summed E-state index contributed by atoms with van der Waals surface area (Å²) in [4.78, 5) is 11.6. The topological polar surface area (TPSA) is 64.3 Å². The van der Waals surface area contributed by atoms with E-state index < -0.39 is 11.7 Å². The number of nitrogen functional groups attached to an aromatic ring is 1. The SMILES string of the molecule is COc1cc(-c2ccc(F)c(Cl)c2)ccc1C(=O)NN. The summed E-state index contributed by atoms with van der Waals surface area (Å²) in [6, 6.07) is 9.33. The Kier molecular flexibility index (Phi) is 4.22. The van der Waals surface area contributed by atoms with Gasteiger partial charge in [-0.2, -0.15) is 0 Å². The van der Waals surface area contributed by atoms with Gasteiger partial charge in [0.15, 0.2) is 0 Å². The van der Waals surface area contributed by atoms with Gasteiger partial charge >= 0.3 is 0 Å². The molecule has 104 valence electrons. The lowest BCUT2D eigenvalue weighted by Crippen LogP contribution is -2.30. The number of carbonyl (C=O) groups is 1. The molecule has 0 aliphatic rings. The zero-order valence-electron chi connectivity index (χ0n) is 10.6. The van der Waals surface area contributed by atoms with Crippen LogP contribution in [0.3, 0.4) is 0 Å². The highest BCUT2D eigenvalue weighted by Gasteiger charge is 2.12. The Morgan fingerprint density at radius 2 is 1.90 bits per heavy atom. The second-order valence-electron chi connectivity index (χ2n) is 4.02. The maximum atomic E-state index is 13.2. The number of ether oxygens (including phenoxy) is 1. The fraction of sp³-hybridized carbons (Fsp3) is 0.0714. The number of halogens is 2. The lowest BCUT2D eigenvalue weighted by atomic mass is 10.0. The largest absolute Gasteiger partial charge is 0.496 e. The summed E-state index contributed by atoms with van der Waals surface area (Å²) in [6.07, 6.45) is 0. The third kappa shape index (κ3) is 2.74. The molecule has 2 aromatic carbocycles. The molecule has 0 fully saturated rings. The minimum absolute atomic E-state index is 0.0326. The van der Waals surface area contributed by atoms with Gasteiger partial charge in [0.2, 0.25) is 0 Å². The first-order valence-corrected chi connectivity index (χ1v) is 6.09. The Bertz CT molecular complexity index is 662. The van der Waals surface area contributed by atoms with Crippen LogP contribution in [0.15, 0.2) is 36.4 Å². The third-order valence-corrected chi connectivity index (χ3v) is 3.12. The van der Waals surface area contributed by atoms with E-state index in [1.807, 2.05) is 5.43 Å². The molecule has 0 aliphatic heterocycles. The molecule has 4 nitrogen and oxygen atoms in total. The van der Waals surface area contributed by atoms with Crippen LogP contribution in [-0.2, 0) is 0 Å². The maximum absolute atomic E-state index is 13.2. The van der Waals surface area contributed by atoms with E-state index in [0.29, 0.717) is 11.3 Å². The normalized spacial score (nSPS) is 10.2. The number of nitrogens with one attached hydrogen (secondary N) is 1. The average molecular weight is 295 g/mol. The fourth-order valence-electron chi connectivity index (χ4n) is 1.81. The Balaban J connectivity index is 2.48. The van der Waals surface area contributed by atoms with Crippen molar-refractivity contribution in [2.75, 3.05) is 7.11 Å². The number of hydrazine groups is 1. The van der Waals surface area contributed by atoms with Gasteiger partial charge in [0.05, 0.1) is 17.7 Å². The monoisotopic (exact) mass is 294 g/mol. The van der Waals surface area contributed by atoms with Crippen molar-refractivity contribution in [3.63, 3.8) is 0 Å². The van der Waals surface area contributed by atoms with E-state index in [0.717, 1.165) is 11.1 Å². The van der Waals surface area contributed by atoms with Crippen molar-refractivity contribution in [1.29, 1.82) is 0 Å². The van der Waals surface area contributed by atoms with E-state index in [1.165, 1.54) is 19.2 Å². The molecule has 2 aromatic rings. The van der Waals surface area contributed by atoms with Gasteiger partial charge in [-0.25, -0.2) is 10.2 Å². The highest BCUT2D eigenvalue weighted by Crippen LogP contribution is 2.29. The van der Waals surface area contributed by atoms with E-state index in [9.17, 15) is 9.18 Å². The van der Waals surface area contributed by atoms with Crippen LogP contribution in [0.25, 0.3) is 11.1 Å². The van der Waals surface area contributed by atoms with Crippen molar-refractivity contribution >= 4 is 17.5 Å². The highest BCUT2D eigenvalue weighted by molar-refractivity contribution is 6.31. The summed E-state index contributed by atoms with van der Waals surface area (Å²) < 4.78 is 18.3. The van der Waals surface area contributed by atoms with Crippen molar-refractivity contribution in [3.05, 3.63) is 52.8 Å². The summed E-state index contributed by atoms with van der Waals surface area (Å²) in [6.45, 7) is 0. The molecule has 0 saturated carbocycles. The molecule has 0 atom stereocenters. The summed E-state index contributed by atoms with van der Waals surface area (Å²) in [7, 11) is 1.45.